The zero-order valence-electron chi connectivity index (χ0n) is 19.5. The summed E-state index contributed by atoms with van der Waals surface area (Å²) in [6, 6.07) is 15.3. The summed E-state index contributed by atoms with van der Waals surface area (Å²) in [5.74, 6) is -1.02. The number of aliphatic carboxylic acids is 1. The van der Waals surface area contributed by atoms with E-state index in [1.807, 2.05) is 24.3 Å². The van der Waals surface area contributed by atoms with E-state index in [0.717, 1.165) is 22.3 Å². The molecule has 2 amide bonds. The second kappa shape index (κ2) is 9.21. The number of amides is 2. The van der Waals surface area contributed by atoms with Crippen LogP contribution in [0, 0.1) is 11.3 Å². The number of carboxylic acid groups (broad SMARTS) is 1. The molecule has 5 rings (SSSR count). The van der Waals surface area contributed by atoms with Crippen molar-refractivity contribution in [1.29, 1.82) is 0 Å². The Bertz CT molecular complexity index is 1130. The van der Waals surface area contributed by atoms with Gasteiger partial charge in [-0.15, -0.1) is 6.58 Å². The Morgan fingerprint density at radius 2 is 1.74 bits per heavy atom. The number of benzene rings is 2. The lowest BCUT2D eigenvalue weighted by molar-refractivity contribution is -0.143. The number of carbonyl (C=O) groups is 3. The van der Waals surface area contributed by atoms with Gasteiger partial charge in [-0.3, -0.25) is 9.59 Å². The molecule has 2 saturated carbocycles. The molecule has 7 heteroatoms. The number of ether oxygens (including phenoxy) is 1. The van der Waals surface area contributed by atoms with Crippen molar-refractivity contribution in [2.24, 2.45) is 11.3 Å². The highest BCUT2D eigenvalue weighted by Gasteiger charge is 2.65. The van der Waals surface area contributed by atoms with Crippen molar-refractivity contribution in [3.8, 4) is 11.1 Å². The Balaban J connectivity index is 1.20. The maximum atomic E-state index is 13.0. The van der Waals surface area contributed by atoms with Crippen molar-refractivity contribution >= 4 is 18.0 Å². The second-order valence-corrected chi connectivity index (χ2v) is 9.90. The number of rotatable bonds is 9. The predicted octanol–water partition coefficient (Wildman–Crippen LogP) is 4.23. The standard InChI is InChI=1S/C28H30N2O5/c1-2-3-12-24(25(31)29-18-13-17-14-28(17,15-18)26(32)33)30-27(34)35-16-23-21-10-6-4-8-19(21)20-9-5-7-11-22(20)23/h2,4-11,17-18,23-24H,1,3,12-16H2,(H,29,31)(H,30,34)(H,32,33)/t17-,18+,24?,28+/m0/s1. The van der Waals surface area contributed by atoms with E-state index in [2.05, 4.69) is 41.5 Å². The topological polar surface area (TPSA) is 105 Å². The Labute approximate surface area is 204 Å². The molecule has 0 bridgehead atoms. The first kappa shape index (κ1) is 23.1. The van der Waals surface area contributed by atoms with E-state index in [9.17, 15) is 19.5 Å². The third-order valence-corrected chi connectivity index (χ3v) is 7.80. The zero-order chi connectivity index (χ0) is 24.6. The molecule has 0 spiro atoms. The Morgan fingerprint density at radius 1 is 1.09 bits per heavy atom. The van der Waals surface area contributed by atoms with Gasteiger partial charge in [-0.25, -0.2) is 4.79 Å². The summed E-state index contributed by atoms with van der Waals surface area (Å²) < 4.78 is 5.61. The molecule has 2 fully saturated rings. The van der Waals surface area contributed by atoms with E-state index in [4.69, 9.17) is 4.74 Å². The third kappa shape index (κ3) is 4.31. The van der Waals surface area contributed by atoms with Gasteiger partial charge in [0.15, 0.2) is 0 Å². The average molecular weight is 475 g/mol. The fraction of sp³-hybridized carbons (Fsp3) is 0.393. The number of carbonyl (C=O) groups excluding carboxylic acids is 2. The lowest BCUT2D eigenvalue weighted by atomic mass is 9.98. The molecule has 4 atom stereocenters. The van der Waals surface area contributed by atoms with Crippen LogP contribution in [0.4, 0.5) is 4.79 Å². The van der Waals surface area contributed by atoms with E-state index in [1.165, 1.54) is 0 Å². The molecule has 3 aliphatic rings. The van der Waals surface area contributed by atoms with Gasteiger partial charge in [-0.1, -0.05) is 54.6 Å². The lowest BCUT2D eigenvalue weighted by Gasteiger charge is -2.22. The molecule has 0 saturated heterocycles. The number of allylic oxidation sites excluding steroid dienone is 1. The largest absolute Gasteiger partial charge is 0.481 e. The van der Waals surface area contributed by atoms with Crippen molar-refractivity contribution in [2.45, 2.75) is 50.1 Å². The Hall–Kier alpha value is -3.61. The molecule has 7 nitrogen and oxygen atoms in total. The summed E-state index contributed by atoms with van der Waals surface area (Å²) in [7, 11) is 0. The van der Waals surface area contributed by atoms with Gasteiger partial charge in [0, 0.05) is 12.0 Å². The monoisotopic (exact) mass is 474 g/mol. The van der Waals surface area contributed by atoms with Gasteiger partial charge < -0.3 is 20.5 Å². The molecular weight excluding hydrogens is 444 g/mol. The molecule has 3 N–H and O–H groups in total. The molecule has 1 unspecified atom stereocenters. The van der Waals surface area contributed by atoms with Crippen molar-refractivity contribution in [2.75, 3.05) is 6.61 Å². The minimum absolute atomic E-state index is 0.0639. The first-order valence-electron chi connectivity index (χ1n) is 12.2. The van der Waals surface area contributed by atoms with Gasteiger partial charge in [0.05, 0.1) is 5.41 Å². The molecule has 3 aliphatic carbocycles. The number of hydrogen-bond donors (Lipinski definition) is 3. The van der Waals surface area contributed by atoms with Gasteiger partial charge >= 0.3 is 12.1 Å². The molecule has 0 aliphatic heterocycles. The number of nitrogens with one attached hydrogen (secondary N) is 2. The first-order chi connectivity index (χ1) is 16.9. The number of carboxylic acids is 1. The minimum Gasteiger partial charge on any atom is -0.481 e. The summed E-state index contributed by atoms with van der Waals surface area (Å²) in [5, 5.41) is 15.1. The molecule has 2 aromatic rings. The van der Waals surface area contributed by atoms with Crippen molar-refractivity contribution < 1.29 is 24.2 Å². The van der Waals surface area contributed by atoms with Gasteiger partial charge in [-0.2, -0.15) is 0 Å². The van der Waals surface area contributed by atoms with E-state index < -0.39 is 23.5 Å². The van der Waals surface area contributed by atoms with Crippen LogP contribution in [-0.2, 0) is 14.3 Å². The maximum Gasteiger partial charge on any atom is 0.407 e. The highest BCUT2D eigenvalue weighted by molar-refractivity contribution is 5.86. The van der Waals surface area contributed by atoms with Crippen molar-refractivity contribution in [3.05, 3.63) is 72.3 Å². The van der Waals surface area contributed by atoms with Crippen LogP contribution in [0.2, 0.25) is 0 Å². The van der Waals surface area contributed by atoms with Crippen LogP contribution >= 0.6 is 0 Å². The van der Waals surface area contributed by atoms with Crippen LogP contribution in [0.15, 0.2) is 61.2 Å². The van der Waals surface area contributed by atoms with Gasteiger partial charge in [0.25, 0.3) is 0 Å². The van der Waals surface area contributed by atoms with Crippen LogP contribution < -0.4 is 10.6 Å². The number of alkyl carbamates (subject to hydrolysis) is 1. The molecular formula is C28H30N2O5. The molecule has 0 aromatic heterocycles. The highest BCUT2D eigenvalue weighted by atomic mass is 16.5. The van der Waals surface area contributed by atoms with Crippen LogP contribution in [0.25, 0.3) is 11.1 Å². The fourth-order valence-electron chi connectivity index (χ4n) is 5.90. The van der Waals surface area contributed by atoms with Gasteiger partial charge in [-0.05, 0) is 60.3 Å². The van der Waals surface area contributed by atoms with Crippen LogP contribution in [0.1, 0.15) is 49.1 Å². The van der Waals surface area contributed by atoms with E-state index in [-0.39, 0.29) is 30.4 Å². The van der Waals surface area contributed by atoms with Crippen LogP contribution in [-0.4, -0.2) is 41.8 Å². The van der Waals surface area contributed by atoms with Crippen molar-refractivity contribution in [3.63, 3.8) is 0 Å². The summed E-state index contributed by atoms with van der Waals surface area (Å²) in [5.41, 5.74) is 3.86. The molecule has 2 aromatic carbocycles. The molecule has 182 valence electrons. The van der Waals surface area contributed by atoms with Crippen LogP contribution in [0.5, 0.6) is 0 Å². The molecule has 0 heterocycles. The third-order valence-electron chi connectivity index (χ3n) is 7.80. The van der Waals surface area contributed by atoms with E-state index in [1.54, 1.807) is 6.08 Å². The SMILES string of the molecule is C=CCCC(NC(=O)OCC1c2ccccc2-c2ccccc21)C(=O)N[C@@H]1C[C@H]2C[C@@]2(C(=O)O)C1. The number of hydrogen-bond acceptors (Lipinski definition) is 4. The van der Waals surface area contributed by atoms with Crippen molar-refractivity contribution in [1.82, 2.24) is 10.6 Å². The quantitative estimate of drug-likeness (QED) is 0.472. The summed E-state index contributed by atoms with van der Waals surface area (Å²) >= 11 is 0. The predicted molar refractivity (Wildman–Crippen MR) is 131 cm³/mol. The van der Waals surface area contributed by atoms with E-state index in [0.29, 0.717) is 32.1 Å². The fourth-order valence-corrected chi connectivity index (χ4v) is 5.90. The smallest absolute Gasteiger partial charge is 0.407 e. The normalized spacial score (nSPS) is 24.5. The lowest BCUT2D eigenvalue weighted by Crippen LogP contribution is -2.49. The van der Waals surface area contributed by atoms with Gasteiger partial charge in [0.1, 0.15) is 12.6 Å². The summed E-state index contributed by atoms with van der Waals surface area (Å²) in [4.78, 5) is 37.2. The van der Waals surface area contributed by atoms with E-state index >= 15 is 0 Å². The Morgan fingerprint density at radius 3 is 2.34 bits per heavy atom. The second-order valence-electron chi connectivity index (χ2n) is 9.90. The molecule has 35 heavy (non-hydrogen) atoms. The molecule has 0 radical (unpaired) electrons. The highest BCUT2D eigenvalue weighted by Crippen LogP contribution is 2.63. The zero-order valence-corrected chi connectivity index (χ0v) is 19.5. The summed E-state index contributed by atoms with van der Waals surface area (Å²) in [6.07, 6.45) is 3.78. The average Bonchev–Trinajstić information content (AvgIpc) is 3.28. The minimum atomic E-state index is -0.779. The summed E-state index contributed by atoms with van der Waals surface area (Å²) in [6.45, 7) is 3.88. The van der Waals surface area contributed by atoms with Gasteiger partial charge in [0.2, 0.25) is 5.91 Å². The Kier molecular flexibility index (Phi) is 6.09. The maximum absolute atomic E-state index is 13.0. The number of fused-ring (bicyclic) bond motifs is 4. The first-order valence-corrected chi connectivity index (χ1v) is 12.2. The van der Waals surface area contributed by atoms with Crippen LogP contribution in [0.3, 0.4) is 0 Å².